The van der Waals surface area contributed by atoms with Crippen LogP contribution in [-0.2, 0) is 0 Å². The molecule has 1 rings (SSSR count). The number of hydrogen-bond donors (Lipinski definition) is 1. The molecule has 0 aliphatic carbocycles. The minimum Gasteiger partial charge on any atom is -0.315 e. The minimum atomic E-state index is 0.467. The second kappa shape index (κ2) is 6.19. The maximum Gasteiger partial charge on any atom is 0.0243 e. The lowest BCUT2D eigenvalue weighted by molar-refractivity contribution is 0.160. The van der Waals surface area contributed by atoms with Gasteiger partial charge in [0, 0.05) is 19.1 Å². The predicted molar refractivity (Wildman–Crippen MR) is 76.3 cm³/mol. The lowest BCUT2D eigenvalue weighted by Gasteiger charge is -2.33. The Bertz CT molecular complexity index is 217. The van der Waals surface area contributed by atoms with Gasteiger partial charge in [-0.25, -0.2) is 0 Å². The summed E-state index contributed by atoms with van der Waals surface area (Å²) in [5, 5.41) is 3.52. The average molecular weight is 240 g/mol. The molecular formula is C15H32N2. The lowest BCUT2D eigenvalue weighted by Crippen LogP contribution is -2.45. The van der Waals surface area contributed by atoms with Gasteiger partial charge in [0.25, 0.3) is 0 Å². The summed E-state index contributed by atoms with van der Waals surface area (Å²) in [6.07, 6.45) is 1.37. The van der Waals surface area contributed by atoms with Crippen LogP contribution in [0.2, 0.25) is 0 Å². The predicted octanol–water partition coefficient (Wildman–Crippen LogP) is 2.99. The zero-order valence-corrected chi connectivity index (χ0v) is 12.7. The normalized spacial score (nSPS) is 24.5. The molecule has 1 saturated heterocycles. The Morgan fingerprint density at radius 2 is 1.94 bits per heavy atom. The smallest absolute Gasteiger partial charge is 0.0243 e. The summed E-state index contributed by atoms with van der Waals surface area (Å²) in [6, 6.07) is 0.710. The van der Waals surface area contributed by atoms with Gasteiger partial charge in [0.1, 0.15) is 0 Å². The fraction of sp³-hybridized carbons (Fsp3) is 1.00. The molecule has 0 amide bonds. The van der Waals surface area contributed by atoms with E-state index < -0.39 is 0 Å². The molecule has 0 aromatic heterocycles. The fourth-order valence-electron chi connectivity index (χ4n) is 2.87. The molecule has 1 heterocycles. The molecule has 1 aliphatic rings. The third-order valence-corrected chi connectivity index (χ3v) is 4.29. The highest BCUT2D eigenvalue weighted by Gasteiger charge is 2.35. The monoisotopic (exact) mass is 240 g/mol. The highest BCUT2D eigenvalue weighted by Crippen LogP contribution is 2.34. The van der Waals surface area contributed by atoms with E-state index >= 15 is 0 Å². The standard InChI is InChI=1S/C15H32N2/c1-7-16-10-14(12(2)3)17-9-8-13(11-17)15(4,5)6/h12-14,16H,7-11H2,1-6H3. The van der Waals surface area contributed by atoms with E-state index in [1.54, 1.807) is 0 Å². The molecule has 1 fully saturated rings. The van der Waals surface area contributed by atoms with Gasteiger partial charge in [0.2, 0.25) is 0 Å². The van der Waals surface area contributed by atoms with Crippen molar-refractivity contribution in [3.05, 3.63) is 0 Å². The topological polar surface area (TPSA) is 15.3 Å². The summed E-state index contributed by atoms with van der Waals surface area (Å²) in [7, 11) is 0. The molecule has 0 spiro atoms. The zero-order valence-electron chi connectivity index (χ0n) is 12.7. The van der Waals surface area contributed by atoms with Crippen molar-refractivity contribution < 1.29 is 0 Å². The van der Waals surface area contributed by atoms with Crippen molar-refractivity contribution in [2.75, 3.05) is 26.2 Å². The summed E-state index contributed by atoms with van der Waals surface area (Å²) in [6.45, 7) is 18.9. The number of nitrogens with zero attached hydrogens (tertiary/aromatic N) is 1. The minimum absolute atomic E-state index is 0.467. The van der Waals surface area contributed by atoms with Gasteiger partial charge >= 0.3 is 0 Å². The van der Waals surface area contributed by atoms with E-state index in [-0.39, 0.29) is 0 Å². The molecule has 0 aromatic carbocycles. The van der Waals surface area contributed by atoms with Crippen LogP contribution in [0.25, 0.3) is 0 Å². The quantitative estimate of drug-likeness (QED) is 0.795. The molecule has 0 saturated carbocycles. The third-order valence-electron chi connectivity index (χ3n) is 4.29. The fourth-order valence-corrected chi connectivity index (χ4v) is 2.87. The van der Waals surface area contributed by atoms with Crippen LogP contribution in [0.5, 0.6) is 0 Å². The number of rotatable bonds is 5. The van der Waals surface area contributed by atoms with E-state index in [0.717, 1.165) is 24.9 Å². The van der Waals surface area contributed by atoms with Crippen molar-refractivity contribution in [1.29, 1.82) is 0 Å². The van der Waals surface area contributed by atoms with Crippen LogP contribution in [0.4, 0.5) is 0 Å². The molecule has 2 unspecified atom stereocenters. The second-order valence-corrected chi connectivity index (χ2v) is 6.97. The first-order chi connectivity index (χ1) is 7.86. The van der Waals surface area contributed by atoms with Crippen molar-refractivity contribution in [3.63, 3.8) is 0 Å². The summed E-state index contributed by atoms with van der Waals surface area (Å²) in [5.74, 6) is 1.61. The maximum absolute atomic E-state index is 3.52. The van der Waals surface area contributed by atoms with Crippen molar-refractivity contribution >= 4 is 0 Å². The number of likely N-dealkylation sites (tertiary alicyclic amines) is 1. The number of hydrogen-bond acceptors (Lipinski definition) is 2. The molecule has 1 aliphatic heterocycles. The molecule has 17 heavy (non-hydrogen) atoms. The molecule has 0 radical (unpaired) electrons. The first-order valence-corrected chi connectivity index (χ1v) is 7.31. The number of likely N-dealkylation sites (N-methyl/N-ethyl adjacent to an activating group) is 1. The highest BCUT2D eigenvalue weighted by atomic mass is 15.2. The van der Waals surface area contributed by atoms with E-state index in [4.69, 9.17) is 0 Å². The summed E-state index contributed by atoms with van der Waals surface area (Å²) >= 11 is 0. The van der Waals surface area contributed by atoms with Crippen molar-refractivity contribution in [1.82, 2.24) is 10.2 Å². The maximum atomic E-state index is 3.52. The van der Waals surface area contributed by atoms with Gasteiger partial charge in [0.05, 0.1) is 0 Å². The van der Waals surface area contributed by atoms with Gasteiger partial charge in [-0.15, -0.1) is 0 Å². The first-order valence-electron chi connectivity index (χ1n) is 7.31. The van der Waals surface area contributed by atoms with Crippen LogP contribution in [-0.4, -0.2) is 37.1 Å². The van der Waals surface area contributed by atoms with Gasteiger partial charge in [-0.05, 0) is 36.8 Å². The van der Waals surface area contributed by atoms with Crippen LogP contribution >= 0.6 is 0 Å². The van der Waals surface area contributed by atoms with Crippen LogP contribution in [0.15, 0.2) is 0 Å². The van der Waals surface area contributed by atoms with Crippen LogP contribution in [0.3, 0.4) is 0 Å². The van der Waals surface area contributed by atoms with Gasteiger partial charge in [-0.3, -0.25) is 4.90 Å². The van der Waals surface area contributed by atoms with Gasteiger partial charge in [-0.1, -0.05) is 41.5 Å². The van der Waals surface area contributed by atoms with Crippen LogP contribution < -0.4 is 5.32 Å². The van der Waals surface area contributed by atoms with E-state index in [1.165, 1.54) is 19.5 Å². The Balaban J connectivity index is 2.54. The molecule has 1 N–H and O–H groups in total. The Kier molecular flexibility index (Phi) is 5.46. The molecule has 2 heteroatoms. The average Bonchev–Trinajstić information content (AvgIpc) is 2.66. The van der Waals surface area contributed by atoms with Crippen LogP contribution in [0, 0.1) is 17.3 Å². The molecular weight excluding hydrogens is 208 g/mol. The van der Waals surface area contributed by atoms with Gasteiger partial charge < -0.3 is 5.32 Å². The van der Waals surface area contributed by atoms with Gasteiger partial charge in [-0.2, -0.15) is 0 Å². The molecule has 0 aromatic rings. The van der Waals surface area contributed by atoms with E-state index in [2.05, 4.69) is 51.8 Å². The Morgan fingerprint density at radius 3 is 2.35 bits per heavy atom. The largest absolute Gasteiger partial charge is 0.315 e. The Morgan fingerprint density at radius 1 is 1.29 bits per heavy atom. The summed E-state index contributed by atoms with van der Waals surface area (Å²) in [4.78, 5) is 2.71. The Labute approximate surface area is 108 Å². The molecule has 0 bridgehead atoms. The van der Waals surface area contributed by atoms with Crippen molar-refractivity contribution in [2.45, 2.75) is 54.0 Å². The van der Waals surface area contributed by atoms with Crippen molar-refractivity contribution in [2.24, 2.45) is 17.3 Å². The highest BCUT2D eigenvalue weighted by molar-refractivity contribution is 4.88. The van der Waals surface area contributed by atoms with Crippen LogP contribution in [0.1, 0.15) is 48.0 Å². The number of nitrogens with one attached hydrogen (secondary N) is 1. The van der Waals surface area contributed by atoms with Gasteiger partial charge in [0.15, 0.2) is 0 Å². The van der Waals surface area contributed by atoms with Crippen molar-refractivity contribution in [3.8, 4) is 0 Å². The molecule has 2 nitrogen and oxygen atoms in total. The first kappa shape index (κ1) is 15.0. The summed E-state index contributed by atoms with van der Waals surface area (Å²) in [5.41, 5.74) is 0.467. The summed E-state index contributed by atoms with van der Waals surface area (Å²) < 4.78 is 0. The molecule has 2 atom stereocenters. The molecule has 102 valence electrons. The van der Waals surface area contributed by atoms with E-state index in [0.29, 0.717) is 11.5 Å². The lowest BCUT2D eigenvalue weighted by atomic mass is 9.80. The third kappa shape index (κ3) is 4.26. The second-order valence-electron chi connectivity index (χ2n) is 6.97. The SMILES string of the molecule is CCNCC(C(C)C)N1CCC(C(C)(C)C)C1. The van der Waals surface area contributed by atoms with E-state index in [9.17, 15) is 0 Å². The zero-order chi connectivity index (χ0) is 13.1. The Hall–Kier alpha value is -0.0800. The van der Waals surface area contributed by atoms with E-state index in [1.807, 2.05) is 0 Å².